The van der Waals surface area contributed by atoms with Crippen molar-refractivity contribution in [2.45, 2.75) is 0 Å². The Kier molecular flexibility index (Phi) is 2.01. The summed E-state index contributed by atoms with van der Waals surface area (Å²) in [6.07, 6.45) is 3.82. The van der Waals surface area contributed by atoms with Crippen molar-refractivity contribution in [3.63, 3.8) is 0 Å². The summed E-state index contributed by atoms with van der Waals surface area (Å²) >= 11 is 0. The molecule has 3 heterocycles. The van der Waals surface area contributed by atoms with Gasteiger partial charge in [-0.3, -0.25) is 9.88 Å². The molecule has 1 N–H and O–H groups in total. The van der Waals surface area contributed by atoms with E-state index in [4.69, 9.17) is 5.11 Å². The highest BCUT2D eigenvalue weighted by atomic mass is 16.4. The molecule has 0 saturated heterocycles. The van der Waals surface area contributed by atoms with E-state index in [1.54, 1.807) is 24.7 Å². The number of rotatable bonds is 0. The van der Waals surface area contributed by atoms with Crippen LogP contribution in [-0.4, -0.2) is 39.6 Å². The molecule has 3 rings (SSSR count). The van der Waals surface area contributed by atoms with Crippen LogP contribution >= 0.6 is 0 Å². The molecule has 6 heteroatoms. The molecule has 0 saturated carbocycles. The third kappa shape index (κ3) is 1.50. The lowest BCUT2D eigenvalue weighted by Gasteiger charge is -2.11. The van der Waals surface area contributed by atoms with E-state index in [9.17, 15) is 4.79 Å². The minimum atomic E-state index is -1.02. The molecule has 1 aromatic heterocycles. The van der Waals surface area contributed by atoms with Crippen LogP contribution in [0.2, 0.25) is 0 Å². The number of hydrogen-bond donors (Lipinski definition) is 1. The number of hydrogen-bond acceptors (Lipinski definition) is 4. The number of carboxylic acid groups (broad SMARTS) is 1. The van der Waals surface area contributed by atoms with E-state index in [1.807, 2.05) is 6.07 Å². The summed E-state index contributed by atoms with van der Waals surface area (Å²) in [6, 6.07) is 3.59. The van der Waals surface area contributed by atoms with Crippen molar-refractivity contribution in [3.8, 4) is 0 Å². The van der Waals surface area contributed by atoms with Gasteiger partial charge in [0.2, 0.25) is 0 Å². The van der Waals surface area contributed by atoms with Gasteiger partial charge in [0.1, 0.15) is 0 Å². The molecule has 2 aliphatic heterocycles. The quantitative estimate of drug-likeness (QED) is 0.644. The smallest absolute Gasteiger partial charge is 0.411 e. The highest BCUT2D eigenvalue weighted by molar-refractivity contribution is 6.40. The zero-order valence-corrected chi connectivity index (χ0v) is 8.74. The fourth-order valence-electron chi connectivity index (χ4n) is 1.84. The molecule has 0 atom stereocenters. The van der Waals surface area contributed by atoms with E-state index in [1.165, 1.54) is 4.90 Å². The molecule has 0 fully saturated rings. The molecule has 0 unspecified atom stereocenters. The van der Waals surface area contributed by atoms with E-state index < -0.39 is 6.09 Å². The van der Waals surface area contributed by atoms with Crippen LogP contribution in [0, 0.1) is 0 Å². The number of nitrogens with zero attached hydrogens (tertiary/aromatic N) is 4. The Balaban J connectivity index is 2.36. The Hall–Kier alpha value is -2.50. The van der Waals surface area contributed by atoms with Crippen LogP contribution < -0.4 is 10.6 Å². The number of carbonyl (C=O) groups is 1. The Bertz CT molecular complexity index is 675. The molecular weight excluding hydrogens is 220 g/mol. The number of pyridine rings is 1. The Morgan fingerprint density at radius 1 is 1.47 bits per heavy atom. The Morgan fingerprint density at radius 2 is 2.35 bits per heavy atom. The van der Waals surface area contributed by atoms with Crippen molar-refractivity contribution in [1.29, 1.82) is 0 Å². The monoisotopic (exact) mass is 228 g/mol. The van der Waals surface area contributed by atoms with E-state index in [-0.39, 0.29) is 6.54 Å². The second-order valence-electron chi connectivity index (χ2n) is 3.69. The van der Waals surface area contributed by atoms with Crippen molar-refractivity contribution in [2.24, 2.45) is 10.2 Å². The normalized spacial score (nSPS) is 16.8. The molecule has 0 bridgehead atoms. The van der Waals surface area contributed by atoms with Crippen LogP contribution in [-0.2, 0) is 0 Å². The lowest BCUT2D eigenvalue weighted by Crippen LogP contribution is -2.32. The van der Waals surface area contributed by atoms with Crippen molar-refractivity contribution < 1.29 is 9.90 Å². The van der Waals surface area contributed by atoms with Crippen molar-refractivity contribution in [2.75, 3.05) is 6.54 Å². The van der Waals surface area contributed by atoms with Crippen LogP contribution in [0.15, 0.2) is 28.5 Å². The van der Waals surface area contributed by atoms with E-state index in [2.05, 4.69) is 15.2 Å². The molecule has 0 spiro atoms. The first-order valence-corrected chi connectivity index (χ1v) is 5.03. The second kappa shape index (κ2) is 3.51. The van der Waals surface area contributed by atoms with Gasteiger partial charge in [0.15, 0.2) is 0 Å². The number of fused-ring (bicyclic) bond motifs is 2. The Labute approximate surface area is 95.9 Å². The summed E-state index contributed by atoms with van der Waals surface area (Å²) in [6.45, 7) is 0.195. The highest BCUT2D eigenvalue weighted by Gasteiger charge is 2.21. The van der Waals surface area contributed by atoms with Crippen LogP contribution in [0.1, 0.15) is 0 Å². The van der Waals surface area contributed by atoms with Crippen molar-refractivity contribution in [3.05, 3.63) is 28.9 Å². The lowest BCUT2D eigenvalue weighted by atomic mass is 10.1. The predicted octanol–water partition coefficient (Wildman–Crippen LogP) is -0.596. The summed E-state index contributed by atoms with van der Waals surface area (Å²) in [4.78, 5) is 16.5. The van der Waals surface area contributed by atoms with Gasteiger partial charge in [-0.05, 0) is 12.1 Å². The van der Waals surface area contributed by atoms with Gasteiger partial charge in [0.05, 0.1) is 23.8 Å². The summed E-state index contributed by atoms with van der Waals surface area (Å²) in [5.74, 6) is 0. The van der Waals surface area contributed by atoms with Gasteiger partial charge >= 0.3 is 6.09 Å². The fraction of sp³-hybridized carbons (Fsp3) is 0.0909. The molecule has 0 aromatic carbocycles. The molecule has 2 aliphatic rings. The summed E-state index contributed by atoms with van der Waals surface area (Å²) in [5, 5.41) is 18.3. The van der Waals surface area contributed by atoms with Crippen LogP contribution in [0.25, 0.3) is 11.8 Å². The molecule has 84 valence electrons. The van der Waals surface area contributed by atoms with Crippen LogP contribution in [0.3, 0.4) is 0 Å². The zero-order chi connectivity index (χ0) is 11.8. The second-order valence-corrected chi connectivity index (χ2v) is 3.69. The zero-order valence-electron chi connectivity index (χ0n) is 8.74. The molecule has 1 amide bonds. The van der Waals surface area contributed by atoms with Gasteiger partial charge in [0, 0.05) is 23.2 Å². The third-order valence-electron chi connectivity index (χ3n) is 2.63. The Morgan fingerprint density at radius 3 is 3.18 bits per heavy atom. The predicted molar refractivity (Wildman–Crippen MR) is 62.0 cm³/mol. The van der Waals surface area contributed by atoms with Gasteiger partial charge in [-0.1, -0.05) is 0 Å². The third-order valence-corrected chi connectivity index (χ3v) is 2.63. The van der Waals surface area contributed by atoms with Crippen LogP contribution in [0.5, 0.6) is 0 Å². The average molecular weight is 228 g/mol. The van der Waals surface area contributed by atoms with Gasteiger partial charge in [-0.2, -0.15) is 10.2 Å². The molecule has 6 nitrogen and oxygen atoms in total. The maximum Gasteiger partial charge on any atom is 0.411 e. The lowest BCUT2D eigenvalue weighted by molar-refractivity contribution is 0.172. The van der Waals surface area contributed by atoms with Gasteiger partial charge in [-0.25, -0.2) is 4.79 Å². The minimum Gasteiger partial charge on any atom is -0.465 e. The van der Waals surface area contributed by atoms with E-state index >= 15 is 0 Å². The largest absolute Gasteiger partial charge is 0.465 e. The molecule has 17 heavy (non-hydrogen) atoms. The topological polar surface area (TPSA) is 78.1 Å². The number of amides is 1. The minimum absolute atomic E-state index is 0.195. The molecule has 0 radical (unpaired) electrons. The van der Waals surface area contributed by atoms with E-state index in [0.717, 1.165) is 16.1 Å². The summed E-state index contributed by atoms with van der Waals surface area (Å²) in [7, 11) is 0. The molecule has 1 aromatic rings. The summed E-state index contributed by atoms with van der Waals surface area (Å²) in [5.41, 5.74) is 1.42. The van der Waals surface area contributed by atoms with Crippen LogP contribution in [0.4, 0.5) is 4.79 Å². The fourth-order valence-corrected chi connectivity index (χ4v) is 1.84. The van der Waals surface area contributed by atoms with Gasteiger partial charge in [-0.15, -0.1) is 0 Å². The molecular formula is C11H8N4O2. The first kappa shape index (κ1) is 9.71. The van der Waals surface area contributed by atoms with Gasteiger partial charge in [0.25, 0.3) is 0 Å². The standard InChI is InChI=1S/C11H8N4O2/c16-11(17)15-5-7-2-1-3-12-10(7)8-4-13-14-9(8)6-15/h1-5H,6H2,(H,16,17). The highest BCUT2D eigenvalue weighted by Crippen LogP contribution is 2.07. The van der Waals surface area contributed by atoms with Crippen molar-refractivity contribution in [1.82, 2.24) is 9.88 Å². The SMILES string of the molecule is O=C(O)N1C=c2cccnc2=C2C=NN=C2C1. The summed E-state index contributed by atoms with van der Waals surface area (Å²) < 4.78 is 0. The first-order chi connectivity index (χ1) is 8.25. The maximum atomic E-state index is 11.1. The van der Waals surface area contributed by atoms with E-state index in [0.29, 0.717) is 5.71 Å². The average Bonchev–Trinajstić information content (AvgIpc) is 2.71. The van der Waals surface area contributed by atoms with Gasteiger partial charge < -0.3 is 5.11 Å². The first-order valence-electron chi connectivity index (χ1n) is 5.03. The number of aromatic nitrogens is 1. The van der Waals surface area contributed by atoms with Crippen molar-refractivity contribution >= 4 is 29.8 Å². The maximum absolute atomic E-state index is 11.1. The molecule has 0 aliphatic carbocycles.